The lowest BCUT2D eigenvalue weighted by molar-refractivity contribution is 0.102. The molecule has 7 heteroatoms. The van der Waals surface area contributed by atoms with Crippen molar-refractivity contribution in [2.24, 2.45) is 0 Å². The standard InChI is InChI=1S/C23H17N5OS/c1-16-4-9-19(27-22(29)18-7-5-17(14-24)6-8-18)13-21(16)28(23-26-11-12-30-23)20-3-2-10-25-15-20/h2-13,15H,1H3,(H,27,29). The van der Waals surface area contributed by atoms with E-state index in [0.29, 0.717) is 16.8 Å². The zero-order valence-corrected chi connectivity index (χ0v) is 16.9. The summed E-state index contributed by atoms with van der Waals surface area (Å²) in [6.45, 7) is 2.01. The van der Waals surface area contributed by atoms with E-state index in [1.54, 1.807) is 42.9 Å². The zero-order chi connectivity index (χ0) is 20.9. The van der Waals surface area contributed by atoms with Gasteiger partial charge in [-0.05, 0) is 61.0 Å². The largest absolute Gasteiger partial charge is 0.322 e. The van der Waals surface area contributed by atoms with Crippen LogP contribution >= 0.6 is 11.3 Å². The number of thiazole rings is 1. The van der Waals surface area contributed by atoms with Gasteiger partial charge < -0.3 is 5.32 Å². The maximum Gasteiger partial charge on any atom is 0.255 e. The second kappa shape index (κ2) is 8.55. The zero-order valence-electron chi connectivity index (χ0n) is 16.1. The molecule has 0 saturated carbocycles. The van der Waals surface area contributed by atoms with Crippen molar-refractivity contribution in [1.29, 1.82) is 5.26 Å². The molecule has 0 aliphatic heterocycles. The highest BCUT2D eigenvalue weighted by molar-refractivity contribution is 7.13. The van der Waals surface area contributed by atoms with E-state index in [0.717, 1.165) is 22.1 Å². The van der Waals surface area contributed by atoms with E-state index < -0.39 is 0 Å². The van der Waals surface area contributed by atoms with E-state index in [2.05, 4.69) is 21.4 Å². The molecule has 2 aromatic carbocycles. The molecule has 0 saturated heterocycles. The van der Waals surface area contributed by atoms with Gasteiger partial charge in [0.25, 0.3) is 5.91 Å². The molecule has 1 N–H and O–H groups in total. The first-order valence-corrected chi connectivity index (χ1v) is 10.1. The van der Waals surface area contributed by atoms with Crippen molar-refractivity contribution in [2.75, 3.05) is 10.2 Å². The molecule has 0 atom stereocenters. The van der Waals surface area contributed by atoms with Gasteiger partial charge in [-0.25, -0.2) is 4.98 Å². The second-order valence-electron chi connectivity index (χ2n) is 6.51. The minimum Gasteiger partial charge on any atom is -0.322 e. The van der Waals surface area contributed by atoms with Gasteiger partial charge in [-0.3, -0.25) is 14.7 Å². The number of nitriles is 1. The van der Waals surface area contributed by atoms with Crippen LogP contribution in [0.2, 0.25) is 0 Å². The predicted octanol–water partition coefficient (Wildman–Crippen LogP) is 5.44. The Morgan fingerprint density at radius 3 is 2.63 bits per heavy atom. The number of rotatable bonds is 5. The summed E-state index contributed by atoms with van der Waals surface area (Å²) in [5.74, 6) is -0.239. The van der Waals surface area contributed by atoms with Gasteiger partial charge in [0.15, 0.2) is 5.13 Å². The van der Waals surface area contributed by atoms with Crippen LogP contribution in [-0.4, -0.2) is 15.9 Å². The number of hydrogen-bond donors (Lipinski definition) is 1. The molecule has 146 valence electrons. The minimum absolute atomic E-state index is 0.239. The van der Waals surface area contributed by atoms with Crippen molar-refractivity contribution < 1.29 is 4.79 Å². The third kappa shape index (κ3) is 4.04. The number of aromatic nitrogens is 2. The van der Waals surface area contributed by atoms with Crippen LogP contribution in [0.3, 0.4) is 0 Å². The molecule has 30 heavy (non-hydrogen) atoms. The molecule has 0 aliphatic carbocycles. The molecule has 4 aromatic rings. The van der Waals surface area contributed by atoms with Crippen LogP contribution in [0.15, 0.2) is 78.6 Å². The Morgan fingerprint density at radius 1 is 1.13 bits per heavy atom. The summed E-state index contributed by atoms with van der Waals surface area (Å²) < 4.78 is 0. The Bertz CT molecular complexity index is 1200. The number of aryl methyl sites for hydroxylation is 1. The van der Waals surface area contributed by atoms with Gasteiger partial charge >= 0.3 is 0 Å². The summed E-state index contributed by atoms with van der Waals surface area (Å²) in [7, 11) is 0. The predicted molar refractivity (Wildman–Crippen MR) is 118 cm³/mol. The van der Waals surface area contributed by atoms with Crippen LogP contribution in [-0.2, 0) is 0 Å². The molecule has 0 aliphatic rings. The molecular weight excluding hydrogens is 394 g/mol. The van der Waals surface area contributed by atoms with Crippen molar-refractivity contribution in [3.05, 3.63) is 95.3 Å². The summed E-state index contributed by atoms with van der Waals surface area (Å²) in [6.07, 6.45) is 5.27. The number of carbonyl (C=O) groups is 1. The van der Waals surface area contributed by atoms with E-state index in [1.165, 1.54) is 11.3 Å². The fourth-order valence-corrected chi connectivity index (χ4v) is 3.67. The molecule has 4 rings (SSSR count). The minimum atomic E-state index is -0.239. The van der Waals surface area contributed by atoms with Gasteiger partial charge in [0.1, 0.15) is 0 Å². The Balaban J connectivity index is 1.68. The number of benzene rings is 2. The van der Waals surface area contributed by atoms with Crippen LogP contribution < -0.4 is 10.2 Å². The van der Waals surface area contributed by atoms with Crippen LogP contribution in [0, 0.1) is 18.3 Å². The fraction of sp³-hybridized carbons (Fsp3) is 0.0435. The topological polar surface area (TPSA) is 81.9 Å². The summed E-state index contributed by atoms with van der Waals surface area (Å²) in [6, 6.07) is 18.2. The van der Waals surface area contributed by atoms with E-state index in [4.69, 9.17) is 5.26 Å². The Morgan fingerprint density at radius 2 is 1.97 bits per heavy atom. The first kappa shape index (κ1) is 19.3. The van der Waals surface area contributed by atoms with E-state index in [9.17, 15) is 4.79 Å². The van der Waals surface area contributed by atoms with Crippen molar-refractivity contribution in [2.45, 2.75) is 6.92 Å². The highest BCUT2D eigenvalue weighted by Crippen LogP contribution is 2.38. The summed E-state index contributed by atoms with van der Waals surface area (Å²) >= 11 is 1.52. The molecule has 0 unspecified atom stereocenters. The first-order valence-electron chi connectivity index (χ1n) is 9.17. The summed E-state index contributed by atoms with van der Waals surface area (Å²) in [4.78, 5) is 23.4. The third-order valence-corrected chi connectivity index (χ3v) is 5.26. The Kier molecular flexibility index (Phi) is 5.50. The summed E-state index contributed by atoms with van der Waals surface area (Å²) in [5.41, 5.74) is 4.47. The van der Waals surface area contributed by atoms with Gasteiger partial charge in [-0.2, -0.15) is 5.26 Å². The summed E-state index contributed by atoms with van der Waals surface area (Å²) in [5, 5.41) is 14.6. The average molecular weight is 411 g/mol. The number of hydrogen-bond acceptors (Lipinski definition) is 6. The monoisotopic (exact) mass is 411 g/mol. The van der Waals surface area contributed by atoms with Crippen LogP contribution in [0.4, 0.5) is 22.2 Å². The average Bonchev–Trinajstić information content (AvgIpc) is 3.31. The molecule has 0 spiro atoms. The molecule has 1 amide bonds. The second-order valence-corrected chi connectivity index (χ2v) is 7.38. The van der Waals surface area contributed by atoms with Crippen LogP contribution in [0.1, 0.15) is 21.5 Å². The maximum absolute atomic E-state index is 12.7. The quantitative estimate of drug-likeness (QED) is 0.473. The Hall–Kier alpha value is -4.02. The lowest BCUT2D eigenvalue weighted by Crippen LogP contribution is -2.14. The van der Waals surface area contributed by atoms with Crippen LogP contribution in [0.25, 0.3) is 0 Å². The fourth-order valence-electron chi connectivity index (χ4n) is 2.99. The SMILES string of the molecule is Cc1ccc(NC(=O)c2ccc(C#N)cc2)cc1N(c1cccnc1)c1nccs1. The number of carbonyl (C=O) groups excluding carboxylic acids is 1. The lowest BCUT2D eigenvalue weighted by atomic mass is 10.1. The van der Waals surface area contributed by atoms with Crippen molar-refractivity contribution in [1.82, 2.24) is 9.97 Å². The number of amides is 1. The first-order chi connectivity index (χ1) is 14.7. The van der Waals surface area contributed by atoms with E-state index >= 15 is 0 Å². The van der Waals surface area contributed by atoms with Crippen molar-refractivity contribution in [3.63, 3.8) is 0 Å². The van der Waals surface area contributed by atoms with Gasteiger partial charge in [0, 0.05) is 29.0 Å². The number of nitrogens with zero attached hydrogens (tertiary/aromatic N) is 4. The molecule has 2 aromatic heterocycles. The molecular formula is C23H17N5OS. The number of anilines is 4. The maximum atomic E-state index is 12.7. The smallest absolute Gasteiger partial charge is 0.255 e. The highest BCUT2D eigenvalue weighted by atomic mass is 32.1. The van der Waals surface area contributed by atoms with E-state index in [-0.39, 0.29) is 5.91 Å². The molecule has 2 heterocycles. The molecule has 0 radical (unpaired) electrons. The third-order valence-electron chi connectivity index (χ3n) is 4.50. The van der Waals surface area contributed by atoms with Crippen molar-refractivity contribution >= 4 is 39.4 Å². The van der Waals surface area contributed by atoms with Gasteiger partial charge in [-0.1, -0.05) is 6.07 Å². The van der Waals surface area contributed by atoms with Gasteiger partial charge in [0.2, 0.25) is 0 Å². The van der Waals surface area contributed by atoms with Crippen LogP contribution in [0.5, 0.6) is 0 Å². The number of nitrogens with one attached hydrogen (secondary N) is 1. The van der Waals surface area contributed by atoms with Gasteiger partial charge in [-0.15, -0.1) is 11.3 Å². The van der Waals surface area contributed by atoms with Gasteiger partial charge in [0.05, 0.1) is 29.2 Å². The Labute approximate surface area is 178 Å². The molecule has 0 fully saturated rings. The number of pyridine rings is 1. The van der Waals surface area contributed by atoms with E-state index in [1.807, 2.05) is 47.5 Å². The molecule has 0 bridgehead atoms. The highest BCUT2D eigenvalue weighted by Gasteiger charge is 2.18. The molecule has 6 nitrogen and oxygen atoms in total. The normalized spacial score (nSPS) is 10.3. The van der Waals surface area contributed by atoms with Crippen molar-refractivity contribution in [3.8, 4) is 6.07 Å². The lowest BCUT2D eigenvalue weighted by Gasteiger charge is -2.24.